The molecule has 1 aromatic carbocycles. The van der Waals surface area contributed by atoms with Gasteiger partial charge in [0.1, 0.15) is 0 Å². The van der Waals surface area contributed by atoms with E-state index < -0.39 is 11.5 Å². The van der Waals surface area contributed by atoms with E-state index >= 15 is 0 Å². The number of aromatic nitrogens is 2. The highest BCUT2D eigenvalue weighted by molar-refractivity contribution is 5.93. The molecule has 3 rings (SSSR count). The van der Waals surface area contributed by atoms with Crippen LogP contribution in [0.4, 0.5) is 5.69 Å². The van der Waals surface area contributed by atoms with Crippen LogP contribution in [0.15, 0.2) is 70.8 Å². The maximum Gasteiger partial charge on any atom is 0.256 e. The average Bonchev–Trinajstić information content (AvgIpc) is 2.63. The zero-order valence-electron chi connectivity index (χ0n) is 14.1. The number of hydrogen-bond donors (Lipinski definition) is 1. The van der Waals surface area contributed by atoms with Crippen molar-refractivity contribution in [2.45, 2.75) is 19.8 Å². The Morgan fingerprint density at radius 1 is 1.12 bits per heavy atom. The third-order valence-corrected chi connectivity index (χ3v) is 3.91. The molecule has 0 bridgehead atoms. The molecule has 0 aliphatic rings. The van der Waals surface area contributed by atoms with Crippen LogP contribution >= 0.6 is 0 Å². The van der Waals surface area contributed by atoms with E-state index in [0.717, 1.165) is 16.7 Å². The summed E-state index contributed by atoms with van der Waals surface area (Å²) in [4.78, 5) is 22.7. The number of pyridine rings is 2. The molecule has 5 nitrogen and oxygen atoms in total. The molecule has 0 fully saturated rings. The zero-order chi connectivity index (χ0) is 17.8. The highest BCUT2D eigenvalue weighted by atomic mass is 16.3. The van der Waals surface area contributed by atoms with E-state index in [1.165, 1.54) is 0 Å². The molecule has 0 unspecified atom stereocenters. The predicted octanol–water partition coefficient (Wildman–Crippen LogP) is 3.00. The van der Waals surface area contributed by atoms with Crippen LogP contribution in [0.25, 0.3) is 11.1 Å². The molecular weight excluding hydrogens is 314 g/mol. The van der Waals surface area contributed by atoms with Gasteiger partial charge in [-0.05, 0) is 52.9 Å². The zero-order valence-corrected chi connectivity index (χ0v) is 14.1. The SMILES string of the molecule is CC(C)c1cccc(N=C([O-])c2cc(-c3ccncc3)c[nH]c2=O)c1. The van der Waals surface area contributed by atoms with Gasteiger partial charge in [-0.25, -0.2) is 0 Å². The van der Waals surface area contributed by atoms with Crippen LogP contribution in [-0.4, -0.2) is 15.9 Å². The van der Waals surface area contributed by atoms with Gasteiger partial charge in [0.2, 0.25) is 0 Å². The second-order valence-electron chi connectivity index (χ2n) is 6.03. The molecule has 2 heterocycles. The normalized spacial score (nSPS) is 11.7. The van der Waals surface area contributed by atoms with E-state index in [-0.39, 0.29) is 5.56 Å². The van der Waals surface area contributed by atoms with Crippen molar-refractivity contribution in [3.05, 3.63) is 82.5 Å². The lowest BCUT2D eigenvalue weighted by Gasteiger charge is -2.12. The minimum atomic E-state index is -0.557. The maximum absolute atomic E-state index is 12.5. The van der Waals surface area contributed by atoms with Crippen molar-refractivity contribution in [2.75, 3.05) is 0 Å². The van der Waals surface area contributed by atoms with Gasteiger partial charge in [0.25, 0.3) is 5.56 Å². The molecular formula is C20H18N3O2-. The van der Waals surface area contributed by atoms with Gasteiger partial charge < -0.3 is 10.1 Å². The second-order valence-corrected chi connectivity index (χ2v) is 6.03. The monoisotopic (exact) mass is 332 g/mol. The Morgan fingerprint density at radius 2 is 1.88 bits per heavy atom. The van der Waals surface area contributed by atoms with Crippen LogP contribution in [0, 0.1) is 0 Å². The molecule has 0 aliphatic heterocycles. The maximum atomic E-state index is 12.5. The van der Waals surface area contributed by atoms with Gasteiger partial charge in [-0.15, -0.1) is 0 Å². The lowest BCUT2D eigenvalue weighted by atomic mass is 10.0. The summed E-state index contributed by atoms with van der Waals surface area (Å²) in [6.07, 6.45) is 4.89. The van der Waals surface area contributed by atoms with Gasteiger partial charge in [0, 0.05) is 24.5 Å². The first-order chi connectivity index (χ1) is 12.0. The Hall–Kier alpha value is -3.21. The van der Waals surface area contributed by atoms with E-state index in [1.54, 1.807) is 30.7 Å². The Kier molecular flexibility index (Phi) is 4.75. The molecule has 0 saturated carbocycles. The van der Waals surface area contributed by atoms with Crippen molar-refractivity contribution < 1.29 is 5.11 Å². The Balaban J connectivity index is 2.01. The summed E-state index contributed by atoms with van der Waals surface area (Å²) in [5.41, 5.74) is 2.80. The van der Waals surface area contributed by atoms with E-state index in [9.17, 15) is 9.90 Å². The van der Waals surface area contributed by atoms with Crippen molar-refractivity contribution in [3.8, 4) is 11.1 Å². The van der Waals surface area contributed by atoms with Crippen LogP contribution in [0.3, 0.4) is 0 Å². The van der Waals surface area contributed by atoms with Crippen molar-refractivity contribution in [3.63, 3.8) is 0 Å². The van der Waals surface area contributed by atoms with Gasteiger partial charge in [0.05, 0.1) is 11.3 Å². The fraction of sp³-hybridized carbons (Fsp3) is 0.150. The van der Waals surface area contributed by atoms with Crippen molar-refractivity contribution in [1.82, 2.24) is 9.97 Å². The number of rotatable bonds is 4. The number of benzene rings is 1. The van der Waals surface area contributed by atoms with E-state index in [1.807, 2.05) is 30.3 Å². The molecule has 25 heavy (non-hydrogen) atoms. The fourth-order valence-electron chi connectivity index (χ4n) is 2.48. The third kappa shape index (κ3) is 3.83. The van der Waals surface area contributed by atoms with Gasteiger partial charge in [-0.3, -0.25) is 14.8 Å². The predicted molar refractivity (Wildman–Crippen MR) is 97.0 cm³/mol. The van der Waals surface area contributed by atoms with Crippen LogP contribution < -0.4 is 10.7 Å². The summed E-state index contributed by atoms with van der Waals surface area (Å²) in [6.45, 7) is 4.15. The molecule has 2 aromatic heterocycles. The number of hydrogen-bond acceptors (Lipinski definition) is 4. The second kappa shape index (κ2) is 7.13. The molecule has 1 N–H and O–H groups in total. The third-order valence-electron chi connectivity index (χ3n) is 3.91. The summed E-state index contributed by atoms with van der Waals surface area (Å²) in [5, 5.41) is 12.5. The highest BCUT2D eigenvalue weighted by Gasteiger charge is 2.05. The smallest absolute Gasteiger partial charge is 0.256 e. The van der Waals surface area contributed by atoms with Gasteiger partial charge in [0.15, 0.2) is 0 Å². The number of aliphatic imine (C=N–C) groups is 1. The first-order valence-corrected chi connectivity index (χ1v) is 8.04. The largest absolute Gasteiger partial charge is 0.858 e. The Morgan fingerprint density at radius 3 is 2.60 bits per heavy atom. The van der Waals surface area contributed by atoms with Crippen LogP contribution in [0.1, 0.15) is 30.9 Å². The first kappa shape index (κ1) is 16.6. The minimum Gasteiger partial charge on any atom is -0.858 e. The highest BCUT2D eigenvalue weighted by Crippen LogP contribution is 2.21. The molecule has 0 spiro atoms. The molecule has 0 radical (unpaired) electrons. The molecule has 0 saturated heterocycles. The average molecular weight is 332 g/mol. The Labute approximate surface area is 145 Å². The molecule has 0 atom stereocenters. The summed E-state index contributed by atoms with van der Waals surface area (Å²) < 4.78 is 0. The molecule has 3 aromatic rings. The minimum absolute atomic E-state index is 0.0178. The van der Waals surface area contributed by atoms with Crippen molar-refractivity contribution in [2.24, 2.45) is 4.99 Å². The Bertz CT molecular complexity index is 960. The van der Waals surface area contributed by atoms with Crippen LogP contribution in [0.2, 0.25) is 0 Å². The number of nitrogens with zero attached hydrogens (tertiary/aromatic N) is 2. The first-order valence-electron chi connectivity index (χ1n) is 8.04. The quantitative estimate of drug-likeness (QED) is 0.589. The van der Waals surface area contributed by atoms with Crippen LogP contribution in [0.5, 0.6) is 0 Å². The molecule has 0 aliphatic carbocycles. The lowest BCUT2D eigenvalue weighted by molar-refractivity contribution is -0.212. The summed E-state index contributed by atoms with van der Waals surface area (Å²) in [5.74, 6) is -0.221. The summed E-state index contributed by atoms with van der Waals surface area (Å²) >= 11 is 0. The fourth-order valence-corrected chi connectivity index (χ4v) is 2.48. The number of H-pyrrole nitrogens is 1. The van der Waals surface area contributed by atoms with E-state index in [2.05, 4.69) is 28.8 Å². The van der Waals surface area contributed by atoms with Crippen molar-refractivity contribution >= 4 is 11.6 Å². The van der Waals surface area contributed by atoms with Crippen molar-refractivity contribution in [1.29, 1.82) is 0 Å². The van der Waals surface area contributed by atoms with Gasteiger partial charge in [-0.1, -0.05) is 26.0 Å². The summed E-state index contributed by atoms with van der Waals surface area (Å²) in [6, 6.07) is 12.7. The molecule has 0 amide bonds. The summed E-state index contributed by atoms with van der Waals surface area (Å²) in [7, 11) is 0. The number of aromatic amines is 1. The van der Waals surface area contributed by atoms with Crippen LogP contribution in [-0.2, 0) is 0 Å². The standard InChI is InChI=1S/C20H19N3O2/c1-13(2)15-4-3-5-17(10-15)23-20(25)18-11-16(12-22-19(18)24)14-6-8-21-9-7-14/h3-13H,1-2H3,(H,22,24)(H,23,25)/p-1. The van der Waals surface area contributed by atoms with Gasteiger partial charge in [-0.2, -0.15) is 0 Å². The molecule has 5 heteroatoms. The number of nitrogens with one attached hydrogen (secondary N) is 1. The molecule has 126 valence electrons. The topological polar surface area (TPSA) is 81.2 Å². The lowest BCUT2D eigenvalue weighted by Crippen LogP contribution is -2.27. The van der Waals surface area contributed by atoms with E-state index in [4.69, 9.17) is 0 Å². The van der Waals surface area contributed by atoms with E-state index in [0.29, 0.717) is 11.6 Å². The van der Waals surface area contributed by atoms with Gasteiger partial charge >= 0.3 is 0 Å².